The average Bonchev–Trinajstić information content (AvgIpc) is 2.92. The molecule has 0 aromatic heterocycles. The topological polar surface area (TPSA) is 83.8 Å². The number of aliphatic hydroxyl groups is 2. The first kappa shape index (κ1) is 22.7. The lowest BCUT2D eigenvalue weighted by atomic mass is 10.0. The SMILES string of the molecule is CCCCCCCCCCCCCCCC(=O)C1=C(O)[C@H](CO)OC1=O. The maximum atomic E-state index is 12.0. The first-order chi connectivity index (χ1) is 12.6. The molecule has 1 atom stereocenters. The highest BCUT2D eigenvalue weighted by molar-refractivity contribution is 6.19. The predicted octanol–water partition coefficient (Wildman–Crippen LogP) is 4.77. The van der Waals surface area contributed by atoms with Gasteiger partial charge in [0.2, 0.25) is 0 Å². The van der Waals surface area contributed by atoms with Crippen molar-refractivity contribution in [3.05, 3.63) is 11.3 Å². The van der Waals surface area contributed by atoms with Crippen molar-refractivity contribution >= 4 is 11.8 Å². The fourth-order valence-electron chi connectivity index (χ4n) is 3.32. The molecule has 1 aliphatic rings. The van der Waals surface area contributed by atoms with Crippen LogP contribution in [-0.4, -0.2) is 34.7 Å². The third-order valence-electron chi connectivity index (χ3n) is 4.97. The number of rotatable bonds is 16. The smallest absolute Gasteiger partial charge is 0.346 e. The number of unbranched alkanes of at least 4 members (excludes halogenated alkanes) is 12. The molecule has 0 aliphatic carbocycles. The number of esters is 1. The molecule has 0 bridgehead atoms. The summed E-state index contributed by atoms with van der Waals surface area (Å²) in [6.07, 6.45) is 15.1. The molecule has 0 unspecified atom stereocenters. The Hall–Kier alpha value is -1.36. The van der Waals surface area contributed by atoms with E-state index in [1.165, 1.54) is 64.2 Å². The third kappa shape index (κ3) is 8.35. The van der Waals surface area contributed by atoms with Gasteiger partial charge in [0, 0.05) is 6.42 Å². The number of cyclic esters (lactones) is 1. The second kappa shape index (κ2) is 13.8. The van der Waals surface area contributed by atoms with E-state index in [2.05, 4.69) is 6.92 Å². The lowest BCUT2D eigenvalue weighted by molar-refractivity contribution is -0.142. The van der Waals surface area contributed by atoms with Crippen LogP contribution in [0.25, 0.3) is 0 Å². The van der Waals surface area contributed by atoms with Gasteiger partial charge in [0.25, 0.3) is 0 Å². The van der Waals surface area contributed by atoms with Gasteiger partial charge in [-0.1, -0.05) is 84.0 Å². The molecule has 1 heterocycles. The van der Waals surface area contributed by atoms with Crippen molar-refractivity contribution in [2.45, 2.75) is 103 Å². The number of Topliss-reactive ketones (excluding diaryl/α,β-unsaturated/α-hetero) is 1. The van der Waals surface area contributed by atoms with E-state index < -0.39 is 24.4 Å². The van der Waals surface area contributed by atoms with E-state index in [9.17, 15) is 14.7 Å². The zero-order chi connectivity index (χ0) is 19.2. The van der Waals surface area contributed by atoms with Crippen LogP contribution in [0.4, 0.5) is 0 Å². The molecular formula is C21H36O5. The van der Waals surface area contributed by atoms with Gasteiger partial charge < -0.3 is 14.9 Å². The number of carbonyl (C=O) groups excluding carboxylic acids is 2. The zero-order valence-electron chi connectivity index (χ0n) is 16.3. The molecule has 0 saturated heterocycles. The average molecular weight is 369 g/mol. The summed E-state index contributed by atoms with van der Waals surface area (Å²) in [6.45, 7) is 1.74. The van der Waals surface area contributed by atoms with Gasteiger partial charge in [0.15, 0.2) is 17.6 Å². The quantitative estimate of drug-likeness (QED) is 0.233. The summed E-state index contributed by atoms with van der Waals surface area (Å²) in [4.78, 5) is 23.6. The molecule has 5 nitrogen and oxygen atoms in total. The van der Waals surface area contributed by atoms with Crippen LogP contribution >= 0.6 is 0 Å². The van der Waals surface area contributed by atoms with E-state index in [1.807, 2.05) is 0 Å². The number of carbonyl (C=O) groups is 2. The molecule has 5 heteroatoms. The van der Waals surface area contributed by atoms with Crippen LogP contribution in [0.1, 0.15) is 96.8 Å². The van der Waals surface area contributed by atoms with Crippen molar-refractivity contribution in [2.75, 3.05) is 6.61 Å². The second-order valence-corrected chi connectivity index (χ2v) is 7.25. The van der Waals surface area contributed by atoms with Crippen molar-refractivity contribution in [3.8, 4) is 0 Å². The Morgan fingerprint density at radius 2 is 1.35 bits per heavy atom. The van der Waals surface area contributed by atoms with Gasteiger partial charge in [-0.15, -0.1) is 0 Å². The molecule has 0 aromatic rings. The minimum Gasteiger partial charge on any atom is -0.507 e. The molecule has 0 spiro atoms. The van der Waals surface area contributed by atoms with Gasteiger partial charge in [-0.3, -0.25) is 4.79 Å². The maximum absolute atomic E-state index is 12.0. The molecule has 0 saturated carbocycles. The van der Waals surface area contributed by atoms with Gasteiger partial charge in [-0.2, -0.15) is 0 Å². The first-order valence-corrected chi connectivity index (χ1v) is 10.4. The third-order valence-corrected chi connectivity index (χ3v) is 4.97. The minimum atomic E-state index is -1.08. The summed E-state index contributed by atoms with van der Waals surface area (Å²) >= 11 is 0. The van der Waals surface area contributed by atoms with Crippen molar-refractivity contribution in [2.24, 2.45) is 0 Å². The summed E-state index contributed by atoms with van der Waals surface area (Å²) in [5, 5.41) is 18.7. The van der Waals surface area contributed by atoms with E-state index in [1.54, 1.807) is 0 Å². The molecule has 2 N–H and O–H groups in total. The zero-order valence-corrected chi connectivity index (χ0v) is 16.3. The Morgan fingerprint density at radius 1 is 0.885 bits per heavy atom. The number of ketones is 1. The van der Waals surface area contributed by atoms with Gasteiger partial charge >= 0.3 is 5.97 Å². The highest BCUT2D eigenvalue weighted by atomic mass is 16.6. The van der Waals surface area contributed by atoms with Crippen LogP contribution in [-0.2, 0) is 14.3 Å². The summed E-state index contributed by atoms with van der Waals surface area (Å²) < 4.78 is 4.74. The molecule has 0 radical (unpaired) electrons. The molecule has 0 aromatic carbocycles. The molecule has 1 aliphatic heterocycles. The number of ether oxygens (including phenoxy) is 1. The number of hydrogen-bond donors (Lipinski definition) is 2. The Morgan fingerprint density at radius 3 is 1.77 bits per heavy atom. The van der Waals surface area contributed by atoms with Crippen LogP contribution in [0.15, 0.2) is 11.3 Å². The Balaban J connectivity index is 1.98. The van der Waals surface area contributed by atoms with Crippen LogP contribution in [0.3, 0.4) is 0 Å². The van der Waals surface area contributed by atoms with E-state index in [-0.39, 0.29) is 17.8 Å². The minimum absolute atomic E-state index is 0.240. The molecule has 1 rings (SSSR count). The lowest BCUT2D eigenvalue weighted by Crippen LogP contribution is -2.15. The molecule has 0 fully saturated rings. The van der Waals surface area contributed by atoms with Crippen molar-refractivity contribution in [1.82, 2.24) is 0 Å². The number of aliphatic hydroxyl groups excluding tert-OH is 2. The summed E-state index contributed by atoms with van der Waals surface area (Å²) in [6, 6.07) is 0. The van der Waals surface area contributed by atoms with Crippen LogP contribution in [0.2, 0.25) is 0 Å². The molecule has 0 amide bonds. The number of hydrogen-bond acceptors (Lipinski definition) is 5. The van der Waals surface area contributed by atoms with Crippen LogP contribution in [0, 0.1) is 0 Å². The molecule has 150 valence electrons. The maximum Gasteiger partial charge on any atom is 0.346 e. The lowest BCUT2D eigenvalue weighted by Gasteiger charge is -2.04. The normalized spacial score (nSPS) is 17.0. The van der Waals surface area contributed by atoms with Crippen molar-refractivity contribution in [3.63, 3.8) is 0 Å². The van der Waals surface area contributed by atoms with Gasteiger partial charge in [-0.25, -0.2) is 4.79 Å². The Kier molecular flexibility index (Phi) is 12.0. The van der Waals surface area contributed by atoms with Crippen molar-refractivity contribution < 1.29 is 24.5 Å². The summed E-state index contributed by atoms with van der Waals surface area (Å²) in [7, 11) is 0. The molecule has 26 heavy (non-hydrogen) atoms. The van der Waals surface area contributed by atoms with Gasteiger partial charge in [0.05, 0.1) is 6.61 Å². The monoisotopic (exact) mass is 368 g/mol. The van der Waals surface area contributed by atoms with Crippen LogP contribution in [0.5, 0.6) is 0 Å². The Bertz CT molecular complexity index is 455. The standard InChI is InChI=1S/C21H36O5/c1-2-3-4-5-6-7-8-9-10-11-12-13-14-15-17(23)19-20(24)18(16-22)26-21(19)25/h18,22,24H,2-16H2,1H3/t18-/m0/s1. The van der Waals surface area contributed by atoms with Crippen molar-refractivity contribution in [1.29, 1.82) is 0 Å². The fourth-order valence-corrected chi connectivity index (χ4v) is 3.32. The summed E-state index contributed by atoms with van der Waals surface area (Å²) in [5.74, 6) is -1.62. The largest absolute Gasteiger partial charge is 0.507 e. The van der Waals surface area contributed by atoms with E-state index in [0.717, 1.165) is 12.8 Å². The second-order valence-electron chi connectivity index (χ2n) is 7.25. The highest BCUT2D eigenvalue weighted by Gasteiger charge is 2.37. The highest BCUT2D eigenvalue weighted by Crippen LogP contribution is 2.23. The van der Waals surface area contributed by atoms with Gasteiger partial charge in [0.1, 0.15) is 5.57 Å². The van der Waals surface area contributed by atoms with E-state index >= 15 is 0 Å². The van der Waals surface area contributed by atoms with E-state index in [0.29, 0.717) is 6.42 Å². The fraction of sp³-hybridized carbons (Fsp3) is 0.810. The van der Waals surface area contributed by atoms with Crippen LogP contribution < -0.4 is 0 Å². The Labute approximate surface area is 157 Å². The molecular weight excluding hydrogens is 332 g/mol. The van der Waals surface area contributed by atoms with E-state index in [4.69, 9.17) is 9.84 Å². The predicted molar refractivity (Wildman–Crippen MR) is 102 cm³/mol. The van der Waals surface area contributed by atoms with Gasteiger partial charge in [-0.05, 0) is 6.42 Å². The summed E-state index contributed by atoms with van der Waals surface area (Å²) in [5.41, 5.74) is -0.275. The first-order valence-electron chi connectivity index (χ1n) is 10.4.